The average Bonchev–Trinajstić information content (AvgIpc) is 3.10. The van der Waals surface area contributed by atoms with Crippen LogP contribution in [-0.4, -0.2) is 5.78 Å². The first-order valence-electron chi connectivity index (χ1n) is 15.8. The largest absolute Gasteiger partial charge is 0.298 e. The Kier molecular flexibility index (Phi) is 10.5. The van der Waals surface area contributed by atoms with Gasteiger partial charge in [-0.3, -0.25) is 4.79 Å². The molecule has 228 valence electrons. The molecular formula is C43H38OS2. The Bertz CT molecular complexity index is 1690. The third-order valence-corrected chi connectivity index (χ3v) is 10.4. The zero-order valence-electron chi connectivity index (χ0n) is 26.3. The molecule has 6 aromatic carbocycles. The van der Waals surface area contributed by atoms with Gasteiger partial charge in [0.1, 0.15) is 5.78 Å². The quantitative estimate of drug-likeness (QED) is 0.133. The second-order valence-electron chi connectivity index (χ2n) is 11.9. The van der Waals surface area contributed by atoms with E-state index in [0.29, 0.717) is 12.8 Å². The molecule has 0 fully saturated rings. The number of hydrogen-bond donors (Lipinski definition) is 0. The van der Waals surface area contributed by atoms with Crippen LogP contribution in [0.1, 0.15) is 45.2 Å². The van der Waals surface area contributed by atoms with Crippen LogP contribution in [0.3, 0.4) is 0 Å². The third-order valence-electron chi connectivity index (χ3n) is 8.33. The molecule has 6 aromatic rings. The second kappa shape index (κ2) is 15.3. The van der Waals surface area contributed by atoms with Crippen LogP contribution in [0, 0.1) is 13.8 Å². The SMILES string of the molecule is Cc1ccc(Sc2ccc(C(Cc3ccccc3)C(=O)C(Cc3ccccc3)c3ccc(Sc4ccc(C)cc4)cc3)cc2)cc1. The first kappa shape index (κ1) is 31.7. The number of carbonyl (C=O) groups excluding carboxylic acids is 1. The predicted octanol–water partition coefficient (Wildman–Crippen LogP) is 11.5. The maximum Gasteiger partial charge on any atom is 0.148 e. The van der Waals surface area contributed by atoms with Crippen molar-refractivity contribution in [3.8, 4) is 0 Å². The van der Waals surface area contributed by atoms with Gasteiger partial charge in [-0.1, -0.05) is 144 Å². The van der Waals surface area contributed by atoms with Gasteiger partial charge >= 0.3 is 0 Å². The van der Waals surface area contributed by atoms with E-state index >= 15 is 0 Å². The molecule has 2 unspecified atom stereocenters. The van der Waals surface area contributed by atoms with Crippen molar-refractivity contribution in [1.82, 2.24) is 0 Å². The fraction of sp³-hybridized carbons (Fsp3) is 0.140. The number of carbonyl (C=O) groups is 1. The first-order valence-corrected chi connectivity index (χ1v) is 17.4. The van der Waals surface area contributed by atoms with Gasteiger partial charge in [0, 0.05) is 31.4 Å². The Balaban J connectivity index is 1.31. The summed E-state index contributed by atoms with van der Waals surface area (Å²) >= 11 is 3.50. The van der Waals surface area contributed by atoms with E-state index in [2.05, 4.69) is 159 Å². The summed E-state index contributed by atoms with van der Waals surface area (Å²) in [4.78, 5) is 19.6. The normalized spacial score (nSPS) is 12.4. The molecule has 0 saturated carbocycles. The van der Waals surface area contributed by atoms with E-state index < -0.39 is 0 Å². The van der Waals surface area contributed by atoms with Crippen molar-refractivity contribution in [2.45, 2.75) is 58.1 Å². The molecule has 0 aliphatic rings. The highest BCUT2D eigenvalue weighted by Gasteiger charge is 2.30. The summed E-state index contributed by atoms with van der Waals surface area (Å²) in [5.74, 6) is -0.280. The Morgan fingerprint density at radius 2 is 0.739 bits per heavy atom. The van der Waals surface area contributed by atoms with Crippen LogP contribution >= 0.6 is 23.5 Å². The summed E-state index contributed by atoms with van der Waals surface area (Å²) in [7, 11) is 0. The molecule has 3 heteroatoms. The minimum Gasteiger partial charge on any atom is -0.298 e. The topological polar surface area (TPSA) is 17.1 Å². The maximum atomic E-state index is 14.9. The lowest BCUT2D eigenvalue weighted by Gasteiger charge is -2.24. The molecule has 2 atom stereocenters. The second-order valence-corrected chi connectivity index (χ2v) is 14.1. The maximum absolute atomic E-state index is 14.9. The summed E-state index contributed by atoms with van der Waals surface area (Å²) < 4.78 is 0. The molecule has 0 N–H and O–H groups in total. The molecule has 0 bridgehead atoms. The lowest BCUT2D eigenvalue weighted by atomic mass is 9.78. The first-order chi connectivity index (χ1) is 22.5. The van der Waals surface area contributed by atoms with E-state index in [-0.39, 0.29) is 17.6 Å². The summed E-state index contributed by atoms with van der Waals surface area (Å²) in [5, 5.41) is 0. The lowest BCUT2D eigenvalue weighted by Crippen LogP contribution is -2.24. The standard InChI is InChI=1S/C43H38OS2/c1-31-13-21-37(22-14-31)45-39-25-17-35(18-26-39)41(29-33-9-5-3-6-10-33)43(44)42(30-34-11-7-4-8-12-34)36-19-27-40(28-20-36)46-38-23-15-32(2)16-24-38/h3-28,41-42H,29-30H2,1-2H3. The average molecular weight is 635 g/mol. The van der Waals surface area contributed by atoms with E-state index in [0.717, 1.165) is 11.1 Å². The Hall–Kier alpha value is -4.31. The van der Waals surface area contributed by atoms with Gasteiger partial charge in [0.2, 0.25) is 0 Å². The van der Waals surface area contributed by atoms with Gasteiger partial charge in [0.25, 0.3) is 0 Å². The number of rotatable bonds is 12. The van der Waals surface area contributed by atoms with Crippen molar-refractivity contribution in [2.24, 2.45) is 0 Å². The number of Topliss-reactive ketones (excluding diaryl/α,β-unsaturated/α-hetero) is 1. The highest BCUT2D eigenvalue weighted by molar-refractivity contribution is 7.99. The Labute approximate surface area is 282 Å². The van der Waals surface area contributed by atoms with E-state index in [4.69, 9.17) is 0 Å². The summed E-state index contributed by atoms with van der Waals surface area (Å²) in [6.07, 6.45) is 1.33. The van der Waals surface area contributed by atoms with Crippen molar-refractivity contribution in [1.29, 1.82) is 0 Å². The number of ketones is 1. The zero-order valence-corrected chi connectivity index (χ0v) is 27.9. The monoisotopic (exact) mass is 634 g/mol. The molecule has 0 aromatic heterocycles. The zero-order chi connectivity index (χ0) is 31.7. The fourth-order valence-electron chi connectivity index (χ4n) is 5.73. The van der Waals surface area contributed by atoms with E-state index in [1.165, 1.54) is 41.8 Å². The van der Waals surface area contributed by atoms with Crippen molar-refractivity contribution in [3.05, 3.63) is 191 Å². The van der Waals surface area contributed by atoms with Crippen molar-refractivity contribution >= 4 is 29.3 Å². The lowest BCUT2D eigenvalue weighted by molar-refractivity contribution is -0.122. The van der Waals surface area contributed by atoms with Gasteiger partial charge in [-0.25, -0.2) is 0 Å². The van der Waals surface area contributed by atoms with Crippen molar-refractivity contribution in [2.75, 3.05) is 0 Å². The van der Waals surface area contributed by atoms with E-state index in [1.54, 1.807) is 23.5 Å². The molecule has 0 aliphatic heterocycles. The van der Waals surface area contributed by atoms with Crippen LogP contribution in [0.2, 0.25) is 0 Å². The molecule has 6 rings (SSSR count). The molecule has 0 saturated heterocycles. The summed E-state index contributed by atoms with van der Waals surface area (Å²) in [5.41, 5.74) is 6.97. The van der Waals surface area contributed by atoms with Gasteiger partial charge in [-0.15, -0.1) is 0 Å². The van der Waals surface area contributed by atoms with E-state index in [9.17, 15) is 4.79 Å². The van der Waals surface area contributed by atoms with Gasteiger partial charge in [-0.2, -0.15) is 0 Å². The molecule has 1 nitrogen and oxygen atoms in total. The van der Waals surface area contributed by atoms with Gasteiger partial charge in [0.05, 0.1) is 0 Å². The molecule has 0 radical (unpaired) electrons. The minimum atomic E-state index is -0.267. The smallest absolute Gasteiger partial charge is 0.148 e. The van der Waals surface area contributed by atoms with Gasteiger partial charge in [0.15, 0.2) is 0 Å². The highest BCUT2D eigenvalue weighted by Crippen LogP contribution is 2.36. The number of hydrogen-bond acceptors (Lipinski definition) is 3. The fourth-order valence-corrected chi connectivity index (χ4v) is 7.36. The summed E-state index contributed by atoms with van der Waals surface area (Å²) in [6, 6.07) is 55.3. The predicted molar refractivity (Wildman–Crippen MR) is 194 cm³/mol. The molecule has 0 amide bonds. The van der Waals surface area contributed by atoms with Crippen LogP contribution in [0.25, 0.3) is 0 Å². The Morgan fingerprint density at radius 1 is 0.435 bits per heavy atom. The molecule has 46 heavy (non-hydrogen) atoms. The number of benzene rings is 6. The molecule has 0 aliphatic carbocycles. The molecule has 0 heterocycles. The highest BCUT2D eigenvalue weighted by atomic mass is 32.2. The molecule has 0 spiro atoms. The van der Waals surface area contributed by atoms with Crippen LogP contribution in [-0.2, 0) is 17.6 Å². The van der Waals surface area contributed by atoms with E-state index in [1.807, 2.05) is 12.1 Å². The van der Waals surface area contributed by atoms with Gasteiger partial charge < -0.3 is 0 Å². The third kappa shape index (κ3) is 8.48. The summed E-state index contributed by atoms with van der Waals surface area (Å²) in [6.45, 7) is 4.22. The van der Waals surface area contributed by atoms with Crippen LogP contribution in [0.4, 0.5) is 0 Å². The van der Waals surface area contributed by atoms with Crippen molar-refractivity contribution in [3.63, 3.8) is 0 Å². The van der Waals surface area contributed by atoms with Crippen LogP contribution in [0.5, 0.6) is 0 Å². The number of aryl methyl sites for hydroxylation is 2. The van der Waals surface area contributed by atoms with Crippen LogP contribution < -0.4 is 0 Å². The van der Waals surface area contributed by atoms with Crippen LogP contribution in [0.15, 0.2) is 177 Å². The van der Waals surface area contributed by atoms with Gasteiger partial charge in [-0.05, 0) is 97.5 Å². The molecular weight excluding hydrogens is 597 g/mol. The minimum absolute atomic E-state index is 0.255. The Morgan fingerprint density at radius 3 is 1.07 bits per heavy atom. The van der Waals surface area contributed by atoms with Crippen molar-refractivity contribution < 1.29 is 4.79 Å².